The Morgan fingerprint density at radius 2 is 1.81 bits per heavy atom. The summed E-state index contributed by atoms with van der Waals surface area (Å²) in [6, 6.07) is 7.15. The molecule has 1 N–H and O–H groups in total. The molecule has 3 aromatic heterocycles. The topological polar surface area (TPSA) is 58.4 Å². The van der Waals surface area contributed by atoms with Crippen LogP contribution in [-0.4, -0.2) is 51.5 Å². The van der Waals surface area contributed by atoms with E-state index in [1.807, 2.05) is 29.2 Å². The van der Waals surface area contributed by atoms with Gasteiger partial charge in [-0.2, -0.15) is 9.61 Å². The molecular formula is C29H41BN6. The number of pyridine rings is 1. The fourth-order valence-electron chi connectivity index (χ4n) is 6.86. The standard InChI is InChI=1S/C28H38N6.CH3B/c1-20-17-31-34-27(30-19-21-5-4-12-29-18-21)16-26(32-28(20)34)23-10-13-33(14-11-23)25-9-8-22-6-2-3-7-24(22)15-25;1-2/h4-5,12,16-18,22-25,30H,2-3,6-11,13-15,19H2,1H3;1H3. The summed E-state index contributed by atoms with van der Waals surface area (Å²) >= 11 is 0. The van der Waals surface area contributed by atoms with Gasteiger partial charge in [0, 0.05) is 48.2 Å². The Bertz CT molecular complexity index is 1110. The van der Waals surface area contributed by atoms with Crippen molar-refractivity contribution in [3.8, 4) is 0 Å². The van der Waals surface area contributed by atoms with Gasteiger partial charge in [-0.3, -0.25) is 4.98 Å². The Balaban J connectivity index is 0.00000130. The van der Waals surface area contributed by atoms with Crippen LogP contribution in [0.5, 0.6) is 0 Å². The van der Waals surface area contributed by atoms with Gasteiger partial charge in [0.15, 0.2) is 5.65 Å². The maximum absolute atomic E-state index is 5.10. The zero-order valence-corrected chi connectivity index (χ0v) is 22.1. The highest BCUT2D eigenvalue weighted by molar-refractivity contribution is 6.05. The molecular weight excluding hydrogens is 443 g/mol. The lowest BCUT2D eigenvalue weighted by molar-refractivity contribution is 0.0587. The molecule has 0 aromatic carbocycles. The third-order valence-electron chi connectivity index (χ3n) is 8.84. The molecule has 1 saturated heterocycles. The Labute approximate surface area is 217 Å². The van der Waals surface area contributed by atoms with Gasteiger partial charge in [-0.1, -0.05) is 38.6 Å². The molecule has 0 bridgehead atoms. The Morgan fingerprint density at radius 3 is 2.58 bits per heavy atom. The lowest BCUT2D eigenvalue weighted by Gasteiger charge is -2.45. The van der Waals surface area contributed by atoms with E-state index in [4.69, 9.17) is 4.98 Å². The highest BCUT2D eigenvalue weighted by Crippen LogP contribution is 2.42. The van der Waals surface area contributed by atoms with Gasteiger partial charge in [-0.05, 0) is 75.6 Å². The van der Waals surface area contributed by atoms with Crippen molar-refractivity contribution < 1.29 is 0 Å². The highest BCUT2D eigenvalue weighted by atomic mass is 15.3. The van der Waals surface area contributed by atoms with Crippen molar-refractivity contribution in [2.24, 2.45) is 11.8 Å². The molecule has 3 aromatic rings. The van der Waals surface area contributed by atoms with E-state index in [2.05, 4.69) is 47.2 Å². The summed E-state index contributed by atoms with van der Waals surface area (Å²) in [5.74, 6) is 3.60. The first-order chi connectivity index (χ1) is 17.7. The van der Waals surface area contributed by atoms with Crippen LogP contribution < -0.4 is 5.32 Å². The summed E-state index contributed by atoms with van der Waals surface area (Å²) in [6.07, 6.45) is 18.4. The van der Waals surface area contributed by atoms with Gasteiger partial charge in [0.05, 0.1) is 14.0 Å². The second-order valence-corrected chi connectivity index (χ2v) is 10.9. The second kappa shape index (κ2) is 11.8. The molecule has 6 nitrogen and oxygen atoms in total. The SMILES string of the molecule is Cc1cnn2c(NCc3cccnc3)cc(C3CCN(C4CCC5CCCCC5C4)CC3)nc12.[B]C. The fourth-order valence-corrected chi connectivity index (χ4v) is 6.86. The maximum atomic E-state index is 5.10. The van der Waals surface area contributed by atoms with Crippen LogP contribution in [0.15, 0.2) is 36.8 Å². The summed E-state index contributed by atoms with van der Waals surface area (Å²) in [7, 11) is 4.50. The number of aromatic nitrogens is 4. The van der Waals surface area contributed by atoms with Crippen molar-refractivity contribution in [2.45, 2.75) is 90.0 Å². The zero-order chi connectivity index (χ0) is 24.9. The number of hydrogen-bond donors (Lipinski definition) is 1. The van der Waals surface area contributed by atoms with Crippen molar-refractivity contribution in [2.75, 3.05) is 18.4 Å². The van der Waals surface area contributed by atoms with Gasteiger partial charge in [0.25, 0.3) is 0 Å². The van der Waals surface area contributed by atoms with Crippen molar-refractivity contribution >= 4 is 19.3 Å². The summed E-state index contributed by atoms with van der Waals surface area (Å²) in [5.41, 5.74) is 4.50. The van der Waals surface area contributed by atoms with E-state index in [-0.39, 0.29) is 0 Å². The summed E-state index contributed by atoms with van der Waals surface area (Å²) in [5, 5.41) is 8.18. The van der Waals surface area contributed by atoms with Crippen LogP contribution in [0.2, 0.25) is 6.82 Å². The van der Waals surface area contributed by atoms with Gasteiger partial charge in [-0.15, -0.1) is 0 Å². The second-order valence-electron chi connectivity index (χ2n) is 10.9. The van der Waals surface area contributed by atoms with Crippen LogP contribution in [0.3, 0.4) is 0 Å². The molecule has 190 valence electrons. The largest absolute Gasteiger partial charge is 0.366 e. The maximum Gasteiger partial charge on any atom is 0.160 e. The summed E-state index contributed by atoms with van der Waals surface area (Å²) in [4.78, 5) is 12.2. The Hall–Kier alpha value is -2.41. The first-order valence-corrected chi connectivity index (χ1v) is 14.0. The molecule has 6 rings (SSSR count). The molecule has 4 heterocycles. The minimum Gasteiger partial charge on any atom is -0.366 e. The van der Waals surface area contributed by atoms with E-state index in [9.17, 15) is 0 Å². The number of piperidine rings is 1. The van der Waals surface area contributed by atoms with Crippen LogP contribution >= 0.6 is 0 Å². The number of nitrogens with one attached hydrogen (secondary N) is 1. The number of anilines is 1. The smallest absolute Gasteiger partial charge is 0.160 e. The number of rotatable bonds is 5. The van der Waals surface area contributed by atoms with Gasteiger partial charge in [0.2, 0.25) is 0 Å². The molecule has 7 heteroatoms. The number of fused-ring (bicyclic) bond motifs is 2. The molecule has 3 atom stereocenters. The van der Waals surface area contributed by atoms with Gasteiger partial charge >= 0.3 is 0 Å². The third-order valence-corrected chi connectivity index (χ3v) is 8.84. The van der Waals surface area contributed by atoms with Crippen LogP contribution in [0.4, 0.5) is 5.82 Å². The molecule has 36 heavy (non-hydrogen) atoms. The third kappa shape index (κ3) is 5.46. The molecule has 0 spiro atoms. The van der Waals surface area contributed by atoms with Gasteiger partial charge in [0.1, 0.15) is 5.82 Å². The molecule has 2 radical (unpaired) electrons. The first-order valence-electron chi connectivity index (χ1n) is 14.0. The Morgan fingerprint density at radius 1 is 1.00 bits per heavy atom. The van der Waals surface area contributed by atoms with Gasteiger partial charge in [-0.25, -0.2) is 4.98 Å². The molecule has 3 aliphatic rings. The van der Waals surface area contributed by atoms with E-state index in [1.165, 1.54) is 89.0 Å². The van der Waals surface area contributed by atoms with Crippen molar-refractivity contribution in [3.63, 3.8) is 0 Å². The van der Waals surface area contributed by atoms with Crippen LogP contribution in [-0.2, 0) is 6.54 Å². The molecule has 0 amide bonds. The summed E-state index contributed by atoms with van der Waals surface area (Å²) in [6.45, 7) is 6.77. The van der Waals surface area contributed by atoms with E-state index in [0.29, 0.717) is 5.92 Å². The monoisotopic (exact) mass is 484 g/mol. The number of likely N-dealkylation sites (tertiary alicyclic amines) is 1. The minimum absolute atomic E-state index is 0.528. The number of aryl methyl sites for hydroxylation is 1. The van der Waals surface area contributed by atoms with Crippen molar-refractivity contribution in [3.05, 3.63) is 53.6 Å². The molecule has 3 fully saturated rings. The lowest BCUT2D eigenvalue weighted by atomic mass is 9.69. The average molecular weight is 485 g/mol. The molecule has 2 aliphatic carbocycles. The summed E-state index contributed by atoms with van der Waals surface area (Å²) < 4.78 is 1.95. The van der Waals surface area contributed by atoms with Crippen molar-refractivity contribution in [1.82, 2.24) is 24.5 Å². The van der Waals surface area contributed by atoms with Crippen molar-refractivity contribution in [1.29, 1.82) is 0 Å². The lowest BCUT2D eigenvalue weighted by Crippen LogP contribution is -2.45. The zero-order valence-electron chi connectivity index (χ0n) is 22.1. The first kappa shape index (κ1) is 25.3. The number of hydrogen-bond acceptors (Lipinski definition) is 5. The van der Waals surface area contributed by atoms with E-state index < -0.39 is 0 Å². The minimum atomic E-state index is 0.528. The highest BCUT2D eigenvalue weighted by Gasteiger charge is 2.36. The fraction of sp³-hybridized carbons (Fsp3) is 0.621. The van der Waals surface area contributed by atoms with E-state index in [0.717, 1.165) is 41.5 Å². The molecule has 2 saturated carbocycles. The molecule has 3 unspecified atom stereocenters. The van der Waals surface area contributed by atoms with Crippen LogP contribution in [0.25, 0.3) is 5.65 Å². The predicted octanol–water partition coefficient (Wildman–Crippen LogP) is 5.79. The normalized spacial score (nSPS) is 25.1. The Kier molecular flexibility index (Phi) is 8.25. The van der Waals surface area contributed by atoms with E-state index >= 15 is 0 Å². The number of nitrogens with zero attached hydrogens (tertiary/aromatic N) is 5. The molecule has 1 aliphatic heterocycles. The van der Waals surface area contributed by atoms with Crippen LogP contribution in [0, 0.1) is 18.8 Å². The quantitative estimate of drug-likeness (QED) is 0.465. The van der Waals surface area contributed by atoms with Crippen LogP contribution in [0.1, 0.15) is 80.5 Å². The predicted molar refractivity (Wildman–Crippen MR) is 148 cm³/mol. The average Bonchev–Trinajstić information content (AvgIpc) is 3.33. The van der Waals surface area contributed by atoms with E-state index in [1.54, 1.807) is 0 Å². The van der Waals surface area contributed by atoms with Gasteiger partial charge < -0.3 is 10.2 Å².